The normalized spacial score (nSPS) is 28.9. The van der Waals surface area contributed by atoms with Gasteiger partial charge in [0.25, 0.3) is 0 Å². The van der Waals surface area contributed by atoms with Crippen LogP contribution in [0.5, 0.6) is 0 Å². The van der Waals surface area contributed by atoms with Crippen LogP contribution >= 0.6 is 0 Å². The molecule has 0 saturated heterocycles. The zero-order chi connectivity index (χ0) is 28.5. The maximum absolute atomic E-state index is 4.90. The van der Waals surface area contributed by atoms with E-state index in [1.807, 2.05) is 0 Å². The molecule has 0 amide bonds. The first-order valence-electron chi connectivity index (χ1n) is 14.8. The van der Waals surface area contributed by atoms with Crippen molar-refractivity contribution >= 4 is 5.57 Å². The second-order valence-electron chi connectivity index (χ2n) is 14.1. The molecule has 0 radical (unpaired) electrons. The zero-order valence-corrected chi connectivity index (χ0v) is 26.2. The van der Waals surface area contributed by atoms with Crippen LogP contribution in [0, 0.1) is 23.2 Å². The van der Waals surface area contributed by atoms with Crippen molar-refractivity contribution in [3.8, 4) is 0 Å². The van der Waals surface area contributed by atoms with Gasteiger partial charge in [0, 0.05) is 5.41 Å². The summed E-state index contributed by atoms with van der Waals surface area (Å²) >= 11 is 0. The van der Waals surface area contributed by atoms with E-state index in [2.05, 4.69) is 88.5 Å². The summed E-state index contributed by atoms with van der Waals surface area (Å²) in [5, 5.41) is 0. The highest BCUT2D eigenvalue weighted by Gasteiger charge is 2.59. The number of fused-ring (bicyclic) bond motifs is 3. The highest BCUT2D eigenvalue weighted by molar-refractivity contribution is 5.87. The van der Waals surface area contributed by atoms with Gasteiger partial charge in [0.05, 0.1) is 0 Å². The van der Waals surface area contributed by atoms with Crippen LogP contribution < -0.4 is 0 Å². The van der Waals surface area contributed by atoms with Gasteiger partial charge in [-0.25, -0.2) is 0 Å². The van der Waals surface area contributed by atoms with E-state index < -0.39 is 0 Å². The van der Waals surface area contributed by atoms with E-state index in [1.165, 1.54) is 61.3 Å². The summed E-state index contributed by atoms with van der Waals surface area (Å²) in [6.07, 6.45) is 6.54. The van der Waals surface area contributed by atoms with Crippen molar-refractivity contribution < 1.29 is 0 Å². The highest BCUT2D eigenvalue weighted by Crippen LogP contribution is 2.70. The third-order valence-corrected chi connectivity index (χ3v) is 10.8. The summed E-state index contributed by atoms with van der Waals surface area (Å²) in [5.41, 5.74) is 18.1. The van der Waals surface area contributed by atoms with Crippen molar-refractivity contribution in [1.29, 1.82) is 0 Å². The summed E-state index contributed by atoms with van der Waals surface area (Å²) in [6, 6.07) is 2.51. The van der Waals surface area contributed by atoms with Crippen molar-refractivity contribution in [3.05, 3.63) is 99.2 Å². The fourth-order valence-corrected chi connectivity index (χ4v) is 9.09. The second kappa shape index (κ2) is 9.39. The minimum Gasteiger partial charge on any atom is -0.0995 e. The lowest BCUT2D eigenvalue weighted by Crippen LogP contribution is -2.52. The molecule has 0 spiro atoms. The maximum atomic E-state index is 4.90. The van der Waals surface area contributed by atoms with Gasteiger partial charge in [-0.15, -0.1) is 0 Å². The number of allylic oxidation sites excluding steroid dienone is 8. The molecule has 0 unspecified atom stereocenters. The van der Waals surface area contributed by atoms with E-state index in [0.29, 0.717) is 5.92 Å². The van der Waals surface area contributed by atoms with E-state index in [9.17, 15) is 0 Å². The Morgan fingerprint density at radius 2 is 1.66 bits per heavy atom. The van der Waals surface area contributed by atoms with Crippen LogP contribution in [0.25, 0.3) is 5.57 Å². The molecule has 0 aromatic heterocycles. The topological polar surface area (TPSA) is 0 Å². The average Bonchev–Trinajstić information content (AvgIpc) is 2.77. The van der Waals surface area contributed by atoms with Gasteiger partial charge in [0.2, 0.25) is 0 Å². The van der Waals surface area contributed by atoms with Gasteiger partial charge in [-0.1, -0.05) is 103 Å². The molecular weight excluding hydrogens is 456 g/mol. The molecule has 0 fully saturated rings. The van der Waals surface area contributed by atoms with Crippen molar-refractivity contribution in [2.75, 3.05) is 0 Å². The molecule has 3 atom stereocenters. The Morgan fingerprint density at radius 3 is 2.21 bits per heavy atom. The maximum Gasteiger partial charge on any atom is 0.0194 e. The number of rotatable bonds is 6. The molecule has 1 aromatic carbocycles. The molecule has 0 heteroatoms. The Morgan fingerprint density at radius 1 is 1.03 bits per heavy atom. The predicted molar refractivity (Wildman–Crippen MR) is 169 cm³/mol. The number of benzene rings is 1. The highest BCUT2D eigenvalue weighted by atomic mass is 14.6. The van der Waals surface area contributed by atoms with E-state index in [0.717, 1.165) is 44.1 Å². The van der Waals surface area contributed by atoms with Crippen LogP contribution in [0.15, 0.2) is 71.4 Å². The lowest BCUT2D eigenvalue weighted by atomic mass is 9.41. The molecular formula is C38H52. The molecule has 0 N–H and O–H groups in total. The molecule has 0 heterocycles. The standard InChI is InChI=1S/C38H52/c1-15-16-24(6)17-30-18-31(22(2)3)32-20-36(12)21-37(13)19-25(7)33(23(4)5)28(10)38(37,14)29(11)35(36)27(9)34(32)26(30)8/h18,22H,4,6,9-10,15-17,19-21H2,1-3,5,7-8,11-14H3/t36-,37+,38-/m1/s1. The Labute approximate surface area is 234 Å². The molecule has 1 aromatic rings. The van der Waals surface area contributed by atoms with Crippen molar-refractivity contribution in [1.82, 2.24) is 0 Å². The summed E-state index contributed by atoms with van der Waals surface area (Å²) in [5.74, 6) is 0.479. The quantitative estimate of drug-likeness (QED) is 0.335. The van der Waals surface area contributed by atoms with Gasteiger partial charge in [-0.05, 0) is 127 Å². The molecule has 38 heavy (non-hydrogen) atoms. The van der Waals surface area contributed by atoms with E-state index in [1.54, 1.807) is 5.56 Å². The van der Waals surface area contributed by atoms with E-state index in [4.69, 9.17) is 13.2 Å². The lowest BCUT2D eigenvalue weighted by Gasteiger charge is -2.62. The van der Waals surface area contributed by atoms with Crippen LogP contribution in [0.1, 0.15) is 122 Å². The third kappa shape index (κ3) is 3.92. The first-order valence-corrected chi connectivity index (χ1v) is 14.8. The van der Waals surface area contributed by atoms with Gasteiger partial charge in [-0.2, -0.15) is 0 Å². The largest absolute Gasteiger partial charge is 0.0995 e. The number of hydrogen-bond donors (Lipinski definition) is 0. The van der Waals surface area contributed by atoms with E-state index in [-0.39, 0.29) is 16.2 Å². The summed E-state index contributed by atoms with van der Waals surface area (Å²) in [4.78, 5) is 0. The SMILES string of the molecule is C=C(CCC)Cc1cc(C(C)C)c2c(c1C)C(=C)C1=C(C)[C@@]3(C)C(=C)C(C(=C)C)=C(C)C[C@@]3(C)C[C@@]1(C)C2. The molecule has 3 aliphatic carbocycles. The number of hydrogen-bond acceptors (Lipinski definition) is 0. The van der Waals surface area contributed by atoms with Gasteiger partial charge in [0.15, 0.2) is 0 Å². The monoisotopic (exact) mass is 508 g/mol. The predicted octanol–water partition coefficient (Wildman–Crippen LogP) is 11.2. The van der Waals surface area contributed by atoms with E-state index >= 15 is 0 Å². The van der Waals surface area contributed by atoms with Crippen molar-refractivity contribution in [2.45, 2.75) is 114 Å². The van der Waals surface area contributed by atoms with Gasteiger partial charge in [-0.3, -0.25) is 0 Å². The summed E-state index contributed by atoms with van der Waals surface area (Å²) in [6.45, 7) is 42.1. The first-order chi connectivity index (χ1) is 17.5. The zero-order valence-electron chi connectivity index (χ0n) is 26.2. The lowest BCUT2D eigenvalue weighted by molar-refractivity contribution is 0.0543. The van der Waals surface area contributed by atoms with Crippen LogP contribution in [0.3, 0.4) is 0 Å². The molecule has 0 bridgehead atoms. The second-order valence-corrected chi connectivity index (χ2v) is 14.1. The minimum atomic E-state index is -0.113. The Balaban J connectivity index is 1.99. The van der Waals surface area contributed by atoms with Crippen LogP contribution in [0.4, 0.5) is 0 Å². The van der Waals surface area contributed by atoms with Crippen LogP contribution in [-0.2, 0) is 12.8 Å². The van der Waals surface area contributed by atoms with Crippen molar-refractivity contribution in [3.63, 3.8) is 0 Å². The molecule has 4 rings (SSSR count). The van der Waals surface area contributed by atoms with Crippen LogP contribution in [0.2, 0.25) is 0 Å². The van der Waals surface area contributed by atoms with Crippen molar-refractivity contribution in [2.24, 2.45) is 16.2 Å². The van der Waals surface area contributed by atoms with Crippen LogP contribution in [-0.4, -0.2) is 0 Å². The van der Waals surface area contributed by atoms with Gasteiger partial charge < -0.3 is 0 Å². The average molecular weight is 509 g/mol. The molecule has 0 nitrogen and oxygen atoms in total. The Bertz CT molecular complexity index is 1330. The molecule has 0 aliphatic heterocycles. The first kappa shape index (κ1) is 28.7. The Kier molecular flexibility index (Phi) is 7.08. The molecule has 3 aliphatic rings. The fraction of sp³-hybridized carbons (Fsp3) is 0.526. The smallest absolute Gasteiger partial charge is 0.0194 e. The minimum absolute atomic E-state index is 0.0626. The van der Waals surface area contributed by atoms with Gasteiger partial charge >= 0.3 is 0 Å². The molecule has 204 valence electrons. The molecule has 0 saturated carbocycles. The third-order valence-electron chi connectivity index (χ3n) is 10.8. The summed E-state index contributed by atoms with van der Waals surface area (Å²) < 4.78 is 0. The fourth-order valence-electron chi connectivity index (χ4n) is 9.09. The Hall–Kier alpha value is -2.34. The summed E-state index contributed by atoms with van der Waals surface area (Å²) in [7, 11) is 0. The van der Waals surface area contributed by atoms with Gasteiger partial charge in [0.1, 0.15) is 0 Å².